The lowest BCUT2D eigenvalue weighted by Gasteiger charge is -1.96. The number of benzene rings is 2. The van der Waals surface area contributed by atoms with Crippen LogP contribution in [-0.4, -0.2) is 15.1 Å². The molecule has 0 N–H and O–H groups in total. The van der Waals surface area contributed by atoms with Crippen LogP contribution in [-0.2, 0) is 0 Å². The molecule has 1 aromatic heterocycles. The van der Waals surface area contributed by atoms with Crippen LogP contribution in [0.5, 0.6) is 0 Å². The molecule has 0 saturated heterocycles. The largest absolute Gasteiger partial charge is 0.417 e. The van der Waals surface area contributed by atoms with Crippen LogP contribution in [0.4, 0.5) is 5.69 Å². The Morgan fingerprint density at radius 2 is 1.78 bits per heavy atom. The van der Waals surface area contributed by atoms with Gasteiger partial charge in [-0.05, 0) is 51.8 Å². The van der Waals surface area contributed by atoms with Crippen LogP contribution in [0.2, 0.25) is 0 Å². The van der Waals surface area contributed by atoms with Gasteiger partial charge in [0.2, 0.25) is 11.8 Å². The van der Waals surface area contributed by atoms with Crippen molar-refractivity contribution in [3.63, 3.8) is 0 Å². The monoisotopic (exact) mass is 371 g/mol. The second-order valence-corrected chi connectivity index (χ2v) is 5.46. The van der Waals surface area contributed by atoms with Crippen molar-refractivity contribution in [3.8, 4) is 11.5 Å². The SMILES string of the molecule is O=[N+]([O-])c1ccc(/C=C/c2nnc(-c3ccccc3Br)o2)cc1. The number of aromatic nitrogens is 2. The molecule has 0 atom stereocenters. The third-order valence-corrected chi connectivity index (χ3v) is 3.76. The molecule has 0 aliphatic carbocycles. The Morgan fingerprint density at radius 1 is 1.04 bits per heavy atom. The highest BCUT2D eigenvalue weighted by Gasteiger charge is 2.09. The summed E-state index contributed by atoms with van der Waals surface area (Å²) in [6, 6.07) is 13.8. The number of hydrogen-bond donors (Lipinski definition) is 0. The number of non-ortho nitro benzene ring substituents is 1. The molecule has 0 bridgehead atoms. The second kappa shape index (κ2) is 6.53. The van der Waals surface area contributed by atoms with Gasteiger partial charge < -0.3 is 4.42 Å². The molecule has 3 rings (SSSR count). The van der Waals surface area contributed by atoms with Gasteiger partial charge in [-0.2, -0.15) is 0 Å². The molecular formula is C16H10BrN3O3. The first-order valence-electron chi connectivity index (χ1n) is 6.64. The first kappa shape index (κ1) is 15.1. The lowest BCUT2D eigenvalue weighted by atomic mass is 10.2. The van der Waals surface area contributed by atoms with Gasteiger partial charge in [-0.1, -0.05) is 12.1 Å². The zero-order valence-corrected chi connectivity index (χ0v) is 13.3. The highest BCUT2D eigenvalue weighted by molar-refractivity contribution is 9.10. The maximum atomic E-state index is 10.6. The summed E-state index contributed by atoms with van der Waals surface area (Å²) >= 11 is 3.44. The molecule has 0 aliphatic heterocycles. The number of nitrogens with zero attached hydrogens (tertiary/aromatic N) is 3. The Kier molecular flexibility index (Phi) is 4.29. The fourth-order valence-electron chi connectivity index (χ4n) is 1.92. The maximum absolute atomic E-state index is 10.6. The number of hydrogen-bond acceptors (Lipinski definition) is 5. The first-order chi connectivity index (χ1) is 11.1. The normalized spacial score (nSPS) is 11.0. The summed E-state index contributed by atoms with van der Waals surface area (Å²) in [7, 11) is 0. The van der Waals surface area contributed by atoms with Gasteiger partial charge in [0.25, 0.3) is 5.69 Å². The number of rotatable bonds is 4. The van der Waals surface area contributed by atoms with Gasteiger partial charge in [-0.15, -0.1) is 10.2 Å². The molecule has 1 heterocycles. The minimum Gasteiger partial charge on any atom is -0.417 e. The maximum Gasteiger partial charge on any atom is 0.269 e. The summed E-state index contributed by atoms with van der Waals surface area (Å²) in [5.41, 5.74) is 1.67. The van der Waals surface area contributed by atoms with Crippen LogP contribution in [0.3, 0.4) is 0 Å². The molecule has 23 heavy (non-hydrogen) atoms. The van der Waals surface area contributed by atoms with E-state index in [1.54, 1.807) is 24.3 Å². The van der Waals surface area contributed by atoms with Gasteiger partial charge in [0.15, 0.2) is 0 Å². The average molecular weight is 372 g/mol. The molecule has 6 nitrogen and oxygen atoms in total. The van der Waals surface area contributed by atoms with Crippen LogP contribution in [0.25, 0.3) is 23.6 Å². The summed E-state index contributed by atoms with van der Waals surface area (Å²) in [6.07, 6.45) is 3.41. The lowest BCUT2D eigenvalue weighted by Crippen LogP contribution is -1.86. The van der Waals surface area contributed by atoms with Crippen molar-refractivity contribution in [3.05, 3.63) is 74.6 Å². The van der Waals surface area contributed by atoms with E-state index >= 15 is 0 Å². The zero-order chi connectivity index (χ0) is 16.2. The van der Waals surface area contributed by atoms with Gasteiger partial charge in [-0.25, -0.2) is 0 Å². The van der Waals surface area contributed by atoms with E-state index in [9.17, 15) is 10.1 Å². The van der Waals surface area contributed by atoms with Crippen molar-refractivity contribution in [2.45, 2.75) is 0 Å². The summed E-state index contributed by atoms with van der Waals surface area (Å²) < 4.78 is 6.46. The minimum atomic E-state index is -0.435. The molecule has 0 spiro atoms. The Bertz CT molecular complexity index is 872. The van der Waals surface area contributed by atoms with Crippen molar-refractivity contribution in [2.24, 2.45) is 0 Å². The highest BCUT2D eigenvalue weighted by Crippen LogP contribution is 2.27. The van der Waals surface area contributed by atoms with Crippen LogP contribution in [0.15, 0.2) is 57.4 Å². The number of nitro groups is 1. The van der Waals surface area contributed by atoms with E-state index in [0.29, 0.717) is 11.8 Å². The minimum absolute atomic E-state index is 0.0520. The Labute approximate surface area is 139 Å². The van der Waals surface area contributed by atoms with Gasteiger partial charge in [0, 0.05) is 22.7 Å². The Hall–Kier alpha value is -2.80. The van der Waals surface area contributed by atoms with E-state index < -0.39 is 4.92 Å². The molecule has 0 radical (unpaired) electrons. The highest BCUT2D eigenvalue weighted by atomic mass is 79.9. The van der Waals surface area contributed by atoms with E-state index in [1.807, 2.05) is 24.3 Å². The van der Waals surface area contributed by atoms with Gasteiger partial charge in [0.05, 0.1) is 10.5 Å². The third-order valence-electron chi connectivity index (χ3n) is 3.07. The van der Waals surface area contributed by atoms with E-state index in [-0.39, 0.29) is 5.69 Å². The van der Waals surface area contributed by atoms with Crippen molar-refractivity contribution in [1.29, 1.82) is 0 Å². The van der Waals surface area contributed by atoms with E-state index in [4.69, 9.17) is 4.42 Å². The topological polar surface area (TPSA) is 82.1 Å². The molecular weight excluding hydrogens is 362 g/mol. The number of halogens is 1. The average Bonchev–Trinajstić information content (AvgIpc) is 3.02. The first-order valence-corrected chi connectivity index (χ1v) is 7.44. The Balaban J connectivity index is 1.79. The molecule has 0 amide bonds. The summed E-state index contributed by atoms with van der Waals surface area (Å²) in [6.45, 7) is 0. The molecule has 0 unspecified atom stereocenters. The third kappa shape index (κ3) is 3.51. The van der Waals surface area contributed by atoms with Gasteiger partial charge in [-0.3, -0.25) is 10.1 Å². The standard InChI is InChI=1S/C16H10BrN3O3/c17-14-4-2-1-3-13(14)16-19-18-15(23-16)10-7-11-5-8-12(9-6-11)20(21)22/h1-10H/b10-7+. The fourth-order valence-corrected chi connectivity index (χ4v) is 2.37. The van der Waals surface area contributed by atoms with Crippen molar-refractivity contribution >= 4 is 33.8 Å². The van der Waals surface area contributed by atoms with Crippen LogP contribution < -0.4 is 0 Å². The van der Waals surface area contributed by atoms with Crippen molar-refractivity contribution < 1.29 is 9.34 Å². The molecule has 0 aliphatic rings. The molecule has 0 saturated carbocycles. The van der Waals surface area contributed by atoms with Crippen LogP contribution >= 0.6 is 15.9 Å². The molecule has 0 fully saturated rings. The number of nitro benzene ring substituents is 1. The van der Waals surface area contributed by atoms with Crippen LogP contribution in [0.1, 0.15) is 11.5 Å². The second-order valence-electron chi connectivity index (χ2n) is 4.61. The van der Waals surface area contributed by atoms with Gasteiger partial charge in [0.1, 0.15) is 0 Å². The molecule has 3 aromatic rings. The predicted octanol–water partition coefficient (Wildman–Crippen LogP) is 4.58. The van der Waals surface area contributed by atoms with Crippen molar-refractivity contribution in [2.75, 3.05) is 0 Å². The van der Waals surface area contributed by atoms with Crippen LogP contribution in [0, 0.1) is 10.1 Å². The lowest BCUT2D eigenvalue weighted by molar-refractivity contribution is -0.384. The van der Waals surface area contributed by atoms with E-state index in [0.717, 1.165) is 15.6 Å². The summed E-state index contributed by atoms with van der Waals surface area (Å²) in [5.74, 6) is 0.773. The summed E-state index contributed by atoms with van der Waals surface area (Å²) in [5, 5.41) is 18.6. The smallest absolute Gasteiger partial charge is 0.269 e. The quantitative estimate of drug-likeness (QED) is 0.495. The van der Waals surface area contributed by atoms with E-state index in [1.165, 1.54) is 12.1 Å². The Morgan fingerprint density at radius 3 is 2.48 bits per heavy atom. The van der Waals surface area contributed by atoms with Gasteiger partial charge >= 0.3 is 0 Å². The van der Waals surface area contributed by atoms with E-state index in [2.05, 4.69) is 26.1 Å². The zero-order valence-electron chi connectivity index (χ0n) is 11.7. The van der Waals surface area contributed by atoms with Crippen molar-refractivity contribution in [1.82, 2.24) is 10.2 Å². The summed E-state index contributed by atoms with van der Waals surface area (Å²) in [4.78, 5) is 10.2. The predicted molar refractivity (Wildman–Crippen MR) is 89.5 cm³/mol. The fraction of sp³-hybridized carbons (Fsp3) is 0. The molecule has 2 aromatic carbocycles. The molecule has 114 valence electrons. The molecule has 7 heteroatoms.